The van der Waals surface area contributed by atoms with Crippen LogP contribution in [0, 0.1) is 5.92 Å². The van der Waals surface area contributed by atoms with E-state index < -0.39 is 0 Å². The van der Waals surface area contributed by atoms with Crippen LogP contribution in [0.5, 0.6) is 0 Å². The maximum atomic E-state index is 13.1. The number of hydrogen-bond donors (Lipinski definition) is 1. The Balaban J connectivity index is 1.58. The first-order valence-corrected chi connectivity index (χ1v) is 9.38. The largest absolute Gasteiger partial charge is 0.337 e. The van der Waals surface area contributed by atoms with Crippen molar-refractivity contribution < 1.29 is 4.79 Å². The van der Waals surface area contributed by atoms with Gasteiger partial charge in [-0.1, -0.05) is 18.2 Å². The normalized spacial score (nSPS) is 17.7. The molecule has 25 heavy (non-hydrogen) atoms. The number of rotatable bonds is 4. The van der Waals surface area contributed by atoms with Crippen LogP contribution in [0.4, 0.5) is 0 Å². The van der Waals surface area contributed by atoms with Crippen molar-refractivity contribution in [3.8, 4) is 5.69 Å². The van der Waals surface area contributed by atoms with Crippen LogP contribution >= 0.6 is 0 Å². The Kier molecular flexibility index (Phi) is 4.57. The lowest BCUT2D eigenvalue weighted by Gasteiger charge is -2.31. The number of nitrogens with zero attached hydrogens (tertiary/aromatic N) is 3. The minimum absolute atomic E-state index is 0.121. The number of nitrogens with one attached hydrogen (secondary N) is 1. The second-order valence-corrected chi connectivity index (χ2v) is 7.17. The second kappa shape index (κ2) is 7.00. The zero-order valence-electron chi connectivity index (χ0n) is 14.9. The van der Waals surface area contributed by atoms with E-state index in [-0.39, 0.29) is 5.91 Å². The van der Waals surface area contributed by atoms with Crippen LogP contribution < -0.4 is 5.32 Å². The highest BCUT2D eigenvalue weighted by Gasteiger charge is 2.31. The van der Waals surface area contributed by atoms with E-state index in [1.54, 1.807) is 0 Å². The van der Waals surface area contributed by atoms with E-state index in [2.05, 4.69) is 17.4 Å². The molecule has 1 aromatic carbocycles. The Hall–Kier alpha value is -2.14. The van der Waals surface area contributed by atoms with Crippen LogP contribution in [0.3, 0.4) is 0 Å². The van der Waals surface area contributed by atoms with Crippen molar-refractivity contribution in [2.45, 2.75) is 32.1 Å². The lowest BCUT2D eigenvalue weighted by Crippen LogP contribution is -2.40. The van der Waals surface area contributed by atoms with Crippen molar-refractivity contribution in [1.29, 1.82) is 0 Å². The number of amides is 1. The predicted octanol–water partition coefficient (Wildman–Crippen LogP) is 2.43. The zero-order valence-corrected chi connectivity index (χ0v) is 14.9. The molecule has 0 spiro atoms. The van der Waals surface area contributed by atoms with Crippen LogP contribution in [0.2, 0.25) is 0 Å². The van der Waals surface area contributed by atoms with E-state index in [0.717, 1.165) is 57.4 Å². The highest BCUT2D eigenvalue weighted by Crippen LogP contribution is 2.29. The zero-order chi connectivity index (χ0) is 17.2. The Morgan fingerprint density at radius 3 is 2.68 bits per heavy atom. The SMILES string of the molecule is CNCC1CCN(C(=O)c2nn(-c3ccccc3)c3c2CCC3)CC1. The molecule has 5 nitrogen and oxygen atoms in total. The first-order valence-electron chi connectivity index (χ1n) is 9.38. The maximum absolute atomic E-state index is 13.1. The standard InChI is InChI=1S/C20H26N4O/c1-21-14-15-10-12-23(13-11-15)20(25)19-17-8-5-9-18(17)24(22-19)16-6-3-2-4-7-16/h2-4,6-7,15,21H,5,8-14H2,1H3. The maximum Gasteiger partial charge on any atom is 0.274 e. The summed E-state index contributed by atoms with van der Waals surface area (Å²) in [7, 11) is 2.00. The average Bonchev–Trinajstić information content (AvgIpc) is 3.25. The number of likely N-dealkylation sites (tertiary alicyclic amines) is 1. The van der Waals surface area contributed by atoms with Crippen LogP contribution in [-0.2, 0) is 12.8 Å². The van der Waals surface area contributed by atoms with Crippen molar-refractivity contribution in [2.24, 2.45) is 5.92 Å². The summed E-state index contributed by atoms with van der Waals surface area (Å²) in [5, 5.41) is 8.00. The van der Waals surface area contributed by atoms with E-state index in [9.17, 15) is 4.79 Å². The molecule has 0 radical (unpaired) electrons. The number of aromatic nitrogens is 2. The summed E-state index contributed by atoms with van der Waals surface area (Å²) in [6.45, 7) is 2.73. The van der Waals surface area contributed by atoms with Crippen molar-refractivity contribution in [3.63, 3.8) is 0 Å². The molecule has 1 aliphatic heterocycles. The van der Waals surface area contributed by atoms with Crippen LogP contribution in [0.15, 0.2) is 30.3 Å². The van der Waals surface area contributed by atoms with E-state index in [4.69, 9.17) is 5.10 Å². The number of carbonyl (C=O) groups is 1. The van der Waals surface area contributed by atoms with Gasteiger partial charge in [0.05, 0.1) is 5.69 Å². The van der Waals surface area contributed by atoms with Gasteiger partial charge >= 0.3 is 0 Å². The Morgan fingerprint density at radius 2 is 1.96 bits per heavy atom. The van der Waals surface area contributed by atoms with Gasteiger partial charge in [-0.2, -0.15) is 5.10 Å². The average molecular weight is 338 g/mol. The van der Waals surface area contributed by atoms with Crippen LogP contribution in [-0.4, -0.2) is 47.3 Å². The van der Waals surface area contributed by atoms with Crippen molar-refractivity contribution in [3.05, 3.63) is 47.3 Å². The van der Waals surface area contributed by atoms with Gasteiger partial charge in [-0.25, -0.2) is 4.68 Å². The minimum Gasteiger partial charge on any atom is -0.337 e. The van der Waals surface area contributed by atoms with Gasteiger partial charge in [-0.3, -0.25) is 4.79 Å². The summed E-state index contributed by atoms with van der Waals surface area (Å²) in [6, 6.07) is 10.2. The van der Waals surface area contributed by atoms with E-state index in [1.807, 2.05) is 34.8 Å². The van der Waals surface area contributed by atoms with Crippen LogP contribution in [0.25, 0.3) is 5.69 Å². The molecule has 2 aromatic rings. The molecule has 1 N–H and O–H groups in total. The van der Waals surface area contributed by atoms with Gasteiger partial charge < -0.3 is 10.2 Å². The molecular weight excluding hydrogens is 312 g/mol. The summed E-state index contributed by atoms with van der Waals surface area (Å²) < 4.78 is 1.99. The van der Waals surface area contributed by atoms with Crippen molar-refractivity contribution >= 4 is 5.91 Å². The molecule has 1 amide bonds. The molecule has 2 aliphatic rings. The molecule has 5 heteroatoms. The predicted molar refractivity (Wildman–Crippen MR) is 98.1 cm³/mol. The topological polar surface area (TPSA) is 50.2 Å². The molecule has 1 saturated heterocycles. The first kappa shape index (κ1) is 16.3. The van der Waals surface area contributed by atoms with Crippen molar-refractivity contribution in [1.82, 2.24) is 20.0 Å². The first-order chi connectivity index (χ1) is 12.3. The Morgan fingerprint density at radius 1 is 1.20 bits per heavy atom. The van der Waals surface area contributed by atoms with E-state index >= 15 is 0 Å². The Bertz CT molecular complexity index is 745. The fourth-order valence-corrected chi connectivity index (χ4v) is 4.17. The smallest absolute Gasteiger partial charge is 0.274 e. The van der Waals surface area contributed by atoms with Gasteiger partial charge in [0.25, 0.3) is 5.91 Å². The molecule has 0 unspecified atom stereocenters. The lowest BCUT2D eigenvalue weighted by molar-refractivity contribution is 0.0683. The molecule has 1 aromatic heterocycles. The highest BCUT2D eigenvalue weighted by atomic mass is 16.2. The number of piperidine rings is 1. The second-order valence-electron chi connectivity index (χ2n) is 7.17. The number of hydrogen-bond acceptors (Lipinski definition) is 3. The van der Waals surface area contributed by atoms with Crippen LogP contribution in [0.1, 0.15) is 41.0 Å². The van der Waals surface area contributed by atoms with E-state index in [1.165, 1.54) is 11.3 Å². The number of benzene rings is 1. The third-order valence-corrected chi connectivity index (χ3v) is 5.53. The summed E-state index contributed by atoms with van der Waals surface area (Å²) in [5.41, 5.74) is 4.13. The van der Waals surface area contributed by atoms with Gasteiger partial charge in [0, 0.05) is 24.3 Å². The molecule has 2 heterocycles. The molecule has 4 rings (SSSR count). The number of carbonyl (C=O) groups excluding carboxylic acids is 1. The monoisotopic (exact) mass is 338 g/mol. The fraction of sp³-hybridized carbons (Fsp3) is 0.500. The van der Waals surface area contributed by atoms with Crippen molar-refractivity contribution in [2.75, 3.05) is 26.7 Å². The molecule has 1 fully saturated rings. The quantitative estimate of drug-likeness (QED) is 0.931. The van der Waals surface area contributed by atoms with E-state index in [0.29, 0.717) is 11.6 Å². The Labute approximate surface area is 149 Å². The summed E-state index contributed by atoms with van der Waals surface area (Å²) in [6.07, 6.45) is 5.25. The van der Waals surface area contributed by atoms with Gasteiger partial charge in [0.15, 0.2) is 5.69 Å². The third kappa shape index (κ3) is 3.09. The molecule has 0 bridgehead atoms. The number of fused-ring (bicyclic) bond motifs is 1. The molecule has 132 valence electrons. The molecule has 0 atom stereocenters. The number of para-hydroxylation sites is 1. The van der Waals surface area contributed by atoms with Gasteiger partial charge in [0.2, 0.25) is 0 Å². The minimum atomic E-state index is 0.121. The van der Waals surface area contributed by atoms with Gasteiger partial charge in [-0.05, 0) is 63.7 Å². The summed E-state index contributed by atoms with van der Waals surface area (Å²) >= 11 is 0. The van der Waals surface area contributed by atoms with Gasteiger partial charge in [0.1, 0.15) is 0 Å². The molecule has 1 aliphatic carbocycles. The van der Waals surface area contributed by atoms with Gasteiger partial charge in [-0.15, -0.1) is 0 Å². The lowest BCUT2D eigenvalue weighted by atomic mass is 9.96. The summed E-state index contributed by atoms with van der Waals surface area (Å²) in [4.78, 5) is 15.1. The molecular formula is C20H26N4O. The fourth-order valence-electron chi connectivity index (χ4n) is 4.17. The highest BCUT2D eigenvalue weighted by molar-refractivity contribution is 5.94. The third-order valence-electron chi connectivity index (χ3n) is 5.53. The molecule has 0 saturated carbocycles. The summed E-state index contributed by atoms with van der Waals surface area (Å²) in [5.74, 6) is 0.803.